The van der Waals surface area contributed by atoms with E-state index in [1.807, 2.05) is 17.5 Å². The first-order valence-electron chi connectivity index (χ1n) is 6.56. The van der Waals surface area contributed by atoms with Gasteiger partial charge in [0.15, 0.2) is 0 Å². The summed E-state index contributed by atoms with van der Waals surface area (Å²) in [6.07, 6.45) is 5.66. The van der Waals surface area contributed by atoms with Crippen LogP contribution in [0.15, 0.2) is 6.20 Å². The Morgan fingerprint density at radius 2 is 2.47 bits per heavy atom. The second-order valence-corrected chi connectivity index (χ2v) is 6.36. The summed E-state index contributed by atoms with van der Waals surface area (Å²) in [5, 5.41) is 8.39. The molecule has 0 aromatic carbocycles. The minimum absolute atomic E-state index is 0.277. The predicted octanol–water partition coefficient (Wildman–Crippen LogP) is 2.50. The molecule has 1 aliphatic rings. The van der Waals surface area contributed by atoms with Crippen LogP contribution in [0.5, 0.6) is 0 Å². The number of aromatic nitrogens is 1. The van der Waals surface area contributed by atoms with Gasteiger partial charge in [-0.05, 0) is 39.7 Å². The summed E-state index contributed by atoms with van der Waals surface area (Å²) in [4.78, 5) is 5.86. The fourth-order valence-corrected chi connectivity index (χ4v) is 3.14. The SMILES string of the molecule is CCc1cnc(C(C)NCC2(C)CCCN2)s1. The maximum Gasteiger partial charge on any atom is 0.109 e. The summed E-state index contributed by atoms with van der Waals surface area (Å²) >= 11 is 1.83. The van der Waals surface area contributed by atoms with Crippen molar-refractivity contribution in [3.8, 4) is 0 Å². The topological polar surface area (TPSA) is 37.0 Å². The van der Waals surface area contributed by atoms with Crippen LogP contribution in [0, 0.1) is 0 Å². The largest absolute Gasteiger partial charge is 0.310 e. The number of rotatable bonds is 5. The fourth-order valence-electron chi connectivity index (χ4n) is 2.26. The molecule has 0 bridgehead atoms. The highest BCUT2D eigenvalue weighted by molar-refractivity contribution is 7.11. The van der Waals surface area contributed by atoms with Gasteiger partial charge in [-0.1, -0.05) is 6.92 Å². The van der Waals surface area contributed by atoms with Crippen molar-refractivity contribution < 1.29 is 0 Å². The van der Waals surface area contributed by atoms with E-state index in [1.165, 1.54) is 22.7 Å². The van der Waals surface area contributed by atoms with Gasteiger partial charge in [0.2, 0.25) is 0 Å². The van der Waals surface area contributed by atoms with Crippen molar-refractivity contribution in [2.45, 2.75) is 51.6 Å². The van der Waals surface area contributed by atoms with Crippen molar-refractivity contribution >= 4 is 11.3 Å². The first-order valence-corrected chi connectivity index (χ1v) is 7.37. The number of nitrogens with zero attached hydrogens (tertiary/aromatic N) is 1. The van der Waals surface area contributed by atoms with Crippen molar-refractivity contribution in [1.82, 2.24) is 15.6 Å². The lowest BCUT2D eigenvalue weighted by Gasteiger charge is -2.26. The number of aryl methyl sites for hydroxylation is 1. The van der Waals surface area contributed by atoms with Gasteiger partial charge in [0.1, 0.15) is 5.01 Å². The number of nitrogens with one attached hydrogen (secondary N) is 2. The average Bonchev–Trinajstić information content (AvgIpc) is 2.95. The Kier molecular flexibility index (Phi) is 4.17. The summed E-state index contributed by atoms with van der Waals surface area (Å²) in [5.74, 6) is 0. The van der Waals surface area contributed by atoms with Crippen LogP contribution in [-0.2, 0) is 6.42 Å². The highest BCUT2D eigenvalue weighted by Gasteiger charge is 2.28. The van der Waals surface area contributed by atoms with Crippen molar-refractivity contribution in [2.24, 2.45) is 0 Å². The van der Waals surface area contributed by atoms with Crippen LogP contribution in [-0.4, -0.2) is 23.6 Å². The van der Waals surface area contributed by atoms with Crippen LogP contribution in [0.4, 0.5) is 0 Å². The molecule has 3 nitrogen and oxygen atoms in total. The fraction of sp³-hybridized carbons (Fsp3) is 0.769. The predicted molar refractivity (Wildman–Crippen MR) is 73.6 cm³/mol. The molecule has 0 amide bonds. The first-order chi connectivity index (χ1) is 8.13. The van der Waals surface area contributed by atoms with Gasteiger partial charge < -0.3 is 10.6 Å². The monoisotopic (exact) mass is 253 g/mol. The Morgan fingerprint density at radius 3 is 3.06 bits per heavy atom. The van der Waals surface area contributed by atoms with Gasteiger partial charge in [0, 0.05) is 23.2 Å². The van der Waals surface area contributed by atoms with Gasteiger partial charge in [0.05, 0.1) is 6.04 Å². The molecule has 2 heterocycles. The molecular formula is C13H23N3S. The van der Waals surface area contributed by atoms with Crippen LogP contribution in [0.2, 0.25) is 0 Å². The van der Waals surface area contributed by atoms with E-state index in [0.717, 1.165) is 19.5 Å². The molecular weight excluding hydrogens is 230 g/mol. The molecule has 1 saturated heterocycles. The third kappa shape index (κ3) is 3.27. The van der Waals surface area contributed by atoms with Gasteiger partial charge in [-0.25, -0.2) is 4.98 Å². The minimum Gasteiger partial charge on any atom is -0.310 e. The summed E-state index contributed by atoms with van der Waals surface area (Å²) in [5.41, 5.74) is 0.277. The smallest absolute Gasteiger partial charge is 0.109 e. The van der Waals surface area contributed by atoms with E-state index in [-0.39, 0.29) is 5.54 Å². The number of hydrogen-bond donors (Lipinski definition) is 2. The average molecular weight is 253 g/mol. The lowest BCUT2D eigenvalue weighted by atomic mass is 10.0. The maximum atomic E-state index is 4.49. The zero-order valence-electron chi connectivity index (χ0n) is 11.0. The van der Waals surface area contributed by atoms with Gasteiger partial charge >= 0.3 is 0 Å². The molecule has 1 fully saturated rings. The molecule has 0 aliphatic carbocycles. The standard InChI is InChI=1S/C13H23N3S/c1-4-11-8-14-12(17-11)10(2)15-9-13(3)6-5-7-16-13/h8,10,15-16H,4-7,9H2,1-3H3. The highest BCUT2D eigenvalue weighted by Crippen LogP contribution is 2.22. The third-order valence-corrected chi connectivity index (χ3v) is 4.87. The number of thiazole rings is 1. The van der Waals surface area contributed by atoms with E-state index in [0.29, 0.717) is 6.04 Å². The maximum absolute atomic E-state index is 4.49. The molecule has 1 aromatic rings. The summed E-state index contributed by atoms with van der Waals surface area (Å²) in [6.45, 7) is 8.87. The zero-order chi connectivity index (χ0) is 12.3. The van der Waals surface area contributed by atoms with Crippen LogP contribution in [0.25, 0.3) is 0 Å². The molecule has 1 aliphatic heterocycles. The Morgan fingerprint density at radius 1 is 1.65 bits per heavy atom. The van der Waals surface area contributed by atoms with Crippen LogP contribution in [0.3, 0.4) is 0 Å². The van der Waals surface area contributed by atoms with E-state index in [4.69, 9.17) is 0 Å². The summed E-state index contributed by atoms with van der Waals surface area (Å²) < 4.78 is 0. The third-order valence-electron chi connectivity index (χ3n) is 3.55. The molecule has 2 unspecified atom stereocenters. The van der Waals surface area contributed by atoms with Crippen molar-refractivity contribution in [1.29, 1.82) is 0 Å². The number of hydrogen-bond acceptors (Lipinski definition) is 4. The normalized spacial score (nSPS) is 26.3. The minimum atomic E-state index is 0.277. The van der Waals surface area contributed by atoms with Crippen LogP contribution in [0.1, 0.15) is 49.5 Å². The lowest BCUT2D eigenvalue weighted by molar-refractivity contribution is 0.367. The molecule has 96 valence electrons. The van der Waals surface area contributed by atoms with Crippen molar-refractivity contribution in [2.75, 3.05) is 13.1 Å². The molecule has 2 N–H and O–H groups in total. The molecule has 17 heavy (non-hydrogen) atoms. The summed E-state index contributed by atoms with van der Waals surface area (Å²) in [6, 6.07) is 0.361. The van der Waals surface area contributed by atoms with Crippen molar-refractivity contribution in [3.63, 3.8) is 0 Å². The van der Waals surface area contributed by atoms with E-state index in [9.17, 15) is 0 Å². The van der Waals surface area contributed by atoms with Crippen LogP contribution >= 0.6 is 11.3 Å². The molecule has 2 rings (SSSR count). The Labute approximate surface area is 108 Å². The lowest BCUT2D eigenvalue weighted by Crippen LogP contribution is -2.46. The Balaban J connectivity index is 1.86. The van der Waals surface area contributed by atoms with E-state index < -0.39 is 0 Å². The quantitative estimate of drug-likeness (QED) is 0.846. The van der Waals surface area contributed by atoms with E-state index in [1.54, 1.807) is 0 Å². The Bertz CT molecular complexity index is 355. The van der Waals surface area contributed by atoms with Gasteiger partial charge in [-0.2, -0.15) is 0 Å². The first kappa shape index (κ1) is 13.0. The Hall–Kier alpha value is -0.450. The van der Waals surface area contributed by atoms with Gasteiger partial charge in [-0.15, -0.1) is 11.3 Å². The molecule has 0 saturated carbocycles. The molecule has 1 aromatic heterocycles. The van der Waals surface area contributed by atoms with E-state index in [2.05, 4.69) is 36.4 Å². The zero-order valence-corrected chi connectivity index (χ0v) is 11.9. The molecule has 4 heteroatoms. The second-order valence-electron chi connectivity index (χ2n) is 5.21. The highest BCUT2D eigenvalue weighted by atomic mass is 32.1. The van der Waals surface area contributed by atoms with Crippen molar-refractivity contribution in [3.05, 3.63) is 16.1 Å². The summed E-state index contributed by atoms with van der Waals surface area (Å²) in [7, 11) is 0. The molecule has 0 spiro atoms. The molecule has 0 radical (unpaired) electrons. The van der Waals surface area contributed by atoms with Crippen LogP contribution < -0.4 is 10.6 Å². The second kappa shape index (κ2) is 5.46. The van der Waals surface area contributed by atoms with Gasteiger partial charge in [-0.3, -0.25) is 0 Å². The molecule has 2 atom stereocenters. The van der Waals surface area contributed by atoms with Gasteiger partial charge in [0.25, 0.3) is 0 Å². The van der Waals surface area contributed by atoms with E-state index >= 15 is 0 Å².